The van der Waals surface area contributed by atoms with Crippen molar-refractivity contribution >= 4 is 22.8 Å². The highest BCUT2D eigenvalue weighted by atomic mass is 16.5. The summed E-state index contributed by atoms with van der Waals surface area (Å²) in [7, 11) is 1.63. The van der Waals surface area contributed by atoms with E-state index in [2.05, 4.69) is 10.3 Å². The minimum absolute atomic E-state index is 0.00389. The first kappa shape index (κ1) is 20.5. The van der Waals surface area contributed by atoms with Gasteiger partial charge in [0, 0.05) is 55.3 Å². The van der Waals surface area contributed by atoms with E-state index in [1.54, 1.807) is 16.9 Å². The number of fused-ring (bicyclic) bond motifs is 4. The second kappa shape index (κ2) is 7.83. The summed E-state index contributed by atoms with van der Waals surface area (Å²) in [5.74, 6) is 0.746. The fourth-order valence-electron chi connectivity index (χ4n) is 4.90. The predicted octanol–water partition coefficient (Wildman–Crippen LogP) is 2.14. The van der Waals surface area contributed by atoms with E-state index in [1.807, 2.05) is 32.0 Å². The first-order valence-corrected chi connectivity index (χ1v) is 10.6. The lowest BCUT2D eigenvalue weighted by Gasteiger charge is -2.56. The standard InChI is InChI=1S/C22H30N4O4/c1-4-8-23-21(29)25-11-22(12-25)13-26(18(28)5-2)17(10-27)20-19(22)15-7-6-14(30-3)9-16(15)24-20/h6-7,9,17,24,27H,4-5,8,10-13H2,1-3H3,(H,23,29)/t17-/m0/s1. The molecule has 2 aliphatic rings. The molecule has 0 bridgehead atoms. The van der Waals surface area contributed by atoms with Crippen molar-refractivity contribution in [1.82, 2.24) is 20.1 Å². The number of carbonyl (C=O) groups excluding carboxylic acids is 2. The Morgan fingerprint density at radius 1 is 1.30 bits per heavy atom. The van der Waals surface area contributed by atoms with Gasteiger partial charge in [-0.2, -0.15) is 0 Å². The van der Waals surface area contributed by atoms with E-state index in [-0.39, 0.29) is 24.0 Å². The molecule has 4 rings (SSSR count). The molecule has 1 saturated heterocycles. The minimum Gasteiger partial charge on any atom is -0.497 e. The Labute approximate surface area is 176 Å². The number of benzene rings is 1. The average Bonchev–Trinajstić information content (AvgIpc) is 3.12. The van der Waals surface area contributed by atoms with E-state index in [1.165, 1.54) is 0 Å². The molecule has 1 aromatic carbocycles. The van der Waals surface area contributed by atoms with Gasteiger partial charge in [0.15, 0.2) is 0 Å². The van der Waals surface area contributed by atoms with Gasteiger partial charge in [-0.15, -0.1) is 0 Å². The van der Waals surface area contributed by atoms with E-state index in [0.29, 0.717) is 32.6 Å². The van der Waals surface area contributed by atoms with Crippen LogP contribution in [-0.2, 0) is 10.2 Å². The van der Waals surface area contributed by atoms with Crippen LogP contribution in [0.1, 0.15) is 44.0 Å². The van der Waals surface area contributed by atoms with E-state index >= 15 is 0 Å². The van der Waals surface area contributed by atoms with E-state index < -0.39 is 6.04 Å². The van der Waals surface area contributed by atoms with Gasteiger partial charge in [-0.05, 0) is 24.1 Å². The van der Waals surface area contributed by atoms with Crippen molar-refractivity contribution in [3.63, 3.8) is 0 Å². The first-order chi connectivity index (χ1) is 14.5. The molecule has 3 N–H and O–H groups in total. The van der Waals surface area contributed by atoms with E-state index in [0.717, 1.165) is 34.3 Å². The quantitative estimate of drug-likeness (QED) is 0.698. The number of aromatic nitrogens is 1. The highest BCUT2D eigenvalue weighted by Gasteiger charge is 2.54. The maximum atomic E-state index is 12.7. The molecule has 0 aliphatic carbocycles. The Morgan fingerprint density at radius 3 is 2.70 bits per heavy atom. The molecule has 3 heterocycles. The molecule has 1 atom stereocenters. The summed E-state index contributed by atoms with van der Waals surface area (Å²) < 4.78 is 5.37. The zero-order chi connectivity index (χ0) is 21.5. The van der Waals surface area contributed by atoms with Crippen molar-refractivity contribution < 1.29 is 19.4 Å². The van der Waals surface area contributed by atoms with Gasteiger partial charge >= 0.3 is 6.03 Å². The number of aliphatic hydroxyl groups excluding tert-OH is 1. The van der Waals surface area contributed by atoms with E-state index in [4.69, 9.17) is 4.74 Å². The van der Waals surface area contributed by atoms with Gasteiger partial charge < -0.3 is 29.9 Å². The number of carbonyl (C=O) groups is 2. The molecule has 2 aliphatic heterocycles. The van der Waals surface area contributed by atoms with Crippen LogP contribution >= 0.6 is 0 Å². The predicted molar refractivity (Wildman–Crippen MR) is 114 cm³/mol. The number of methoxy groups -OCH3 is 1. The van der Waals surface area contributed by atoms with Crippen molar-refractivity contribution in [2.75, 3.05) is 39.9 Å². The molecule has 1 spiro atoms. The number of hydrogen-bond acceptors (Lipinski definition) is 4. The number of rotatable bonds is 5. The van der Waals surface area contributed by atoms with Gasteiger partial charge in [0.05, 0.1) is 25.2 Å². The summed E-state index contributed by atoms with van der Waals surface area (Å²) in [6, 6.07) is 5.40. The lowest BCUT2D eigenvalue weighted by molar-refractivity contribution is -0.138. The molecule has 8 nitrogen and oxygen atoms in total. The monoisotopic (exact) mass is 414 g/mol. The number of amides is 3. The molecule has 30 heavy (non-hydrogen) atoms. The third kappa shape index (κ3) is 3.10. The van der Waals surface area contributed by atoms with Gasteiger partial charge in [-0.1, -0.05) is 13.8 Å². The number of aliphatic hydroxyl groups is 1. The number of likely N-dealkylation sites (tertiary alicyclic amines) is 1. The van der Waals surface area contributed by atoms with Crippen LogP contribution in [0.5, 0.6) is 5.75 Å². The van der Waals surface area contributed by atoms with E-state index in [9.17, 15) is 14.7 Å². The Hall–Kier alpha value is -2.74. The number of aromatic amines is 1. The highest BCUT2D eigenvalue weighted by Crippen LogP contribution is 2.48. The fourth-order valence-corrected chi connectivity index (χ4v) is 4.90. The number of ether oxygens (including phenoxy) is 1. The maximum absolute atomic E-state index is 12.7. The van der Waals surface area contributed by atoms with Crippen LogP contribution in [0, 0.1) is 0 Å². The minimum atomic E-state index is -0.417. The normalized spacial score (nSPS) is 19.5. The summed E-state index contributed by atoms with van der Waals surface area (Å²) in [6.45, 7) is 5.93. The van der Waals surface area contributed by atoms with Crippen LogP contribution in [0.2, 0.25) is 0 Å². The summed E-state index contributed by atoms with van der Waals surface area (Å²) in [4.78, 5) is 32.2. The molecule has 0 radical (unpaired) electrons. The largest absolute Gasteiger partial charge is 0.497 e. The average molecular weight is 415 g/mol. The second-order valence-corrected chi connectivity index (χ2v) is 8.27. The Bertz CT molecular complexity index is 963. The summed E-state index contributed by atoms with van der Waals surface area (Å²) >= 11 is 0. The molecule has 1 fully saturated rings. The first-order valence-electron chi connectivity index (χ1n) is 10.6. The lowest BCUT2D eigenvalue weighted by Crippen LogP contribution is -2.69. The van der Waals surface area contributed by atoms with Gasteiger partial charge in [-0.3, -0.25) is 4.79 Å². The molecule has 0 saturated carbocycles. The van der Waals surface area contributed by atoms with Crippen LogP contribution < -0.4 is 10.1 Å². The molecular formula is C22H30N4O4. The molecule has 162 valence electrons. The van der Waals surface area contributed by atoms with Crippen molar-refractivity contribution in [2.24, 2.45) is 0 Å². The van der Waals surface area contributed by atoms with Gasteiger partial charge in [0.1, 0.15) is 5.75 Å². The summed E-state index contributed by atoms with van der Waals surface area (Å²) in [6.07, 6.45) is 1.26. The van der Waals surface area contributed by atoms with Crippen LogP contribution in [0.3, 0.4) is 0 Å². The van der Waals surface area contributed by atoms with Crippen molar-refractivity contribution in [3.8, 4) is 5.75 Å². The smallest absolute Gasteiger partial charge is 0.317 e. The third-order valence-corrected chi connectivity index (χ3v) is 6.34. The maximum Gasteiger partial charge on any atom is 0.317 e. The van der Waals surface area contributed by atoms with Crippen LogP contribution in [-0.4, -0.2) is 71.7 Å². The van der Waals surface area contributed by atoms with Crippen molar-refractivity contribution in [1.29, 1.82) is 0 Å². The van der Waals surface area contributed by atoms with Gasteiger partial charge in [0.2, 0.25) is 5.91 Å². The summed E-state index contributed by atoms with van der Waals surface area (Å²) in [5, 5.41) is 14.2. The molecule has 8 heteroatoms. The summed E-state index contributed by atoms with van der Waals surface area (Å²) in [5.41, 5.74) is 2.54. The lowest BCUT2D eigenvalue weighted by atomic mass is 9.68. The Kier molecular flexibility index (Phi) is 5.36. The van der Waals surface area contributed by atoms with Crippen LogP contribution in [0.25, 0.3) is 10.9 Å². The Morgan fingerprint density at radius 2 is 2.07 bits per heavy atom. The molecule has 1 aromatic heterocycles. The topological polar surface area (TPSA) is 97.9 Å². The third-order valence-electron chi connectivity index (χ3n) is 6.34. The molecule has 0 unspecified atom stereocenters. The van der Waals surface area contributed by atoms with Gasteiger partial charge in [-0.25, -0.2) is 4.79 Å². The molecular weight excluding hydrogens is 384 g/mol. The number of nitrogens with zero attached hydrogens (tertiary/aromatic N) is 2. The van der Waals surface area contributed by atoms with Crippen LogP contribution in [0.15, 0.2) is 18.2 Å². The number of hydrogen-bond donors (Lipinski definition) is 3. The molecule has 2 aromatic rings. The Balaban J connectivity index is 1.78. The zero-order valence-electron chi connectivity index (χ0n) is 17.8. The SMILES string of the molecule is CCCNC(=O)N1CC2(C1)CN(C(=O)CC)[C@@H](CO)c1[nH]c3cc(OC)ccc3c12. The van der Waals surface area contributed by atoms with Crippen molar-refractivity contribution in [3.05, 3.63) is 29.5 Å². The van der Waals surface area contributed by atoms with Crippen LogP contribution in [0.4, 0.5) is 4.79 Å². The second-order valence-electron chi connectivity index (χ2n) is 8.27. The van der Waals surface area contributed by atoms with Crippen molar-refractivity contribution in [2.45, 2.75) is 38.1 Å². The van der Waals surface area contributed by atoms with Gasteiger partial charge in [0.25, 0.3) is 0 Å². The molecule has 3 amide bonds. The number of H-pyrrole nitrogens is 1. The zero-order valence-corrected chi connectivity index (χ0v) is 17.8. The number of nitrogens with one attached hydrogen (secondary N) is 2. The highest BCUT2D eigenvalue weighted by molar-refractivity contribution is 5.90. The fraction of sp³-hybridized carbons (Fsp3) is 0.545. The number of urea groups is 1.